The highest BCUT2D eigenvalue weighted by atomic mass is 16.2. The molecule has 2 aliphatic rings. The minimum absolute atomic E-state index is 0.0882. The quantitative estimate of drug-likeness (QED) is 0.845. The second kappa shape index (κ2) is 8.65. The molecule has 4 rings (SSSR count). The SMILES string of the molecule is CCN1CCN(c2ccccc2NC(=O)NC2CCCc3ccccc32)CC1. The van der Waals surface area contributed by atoms with E-state index in [1.807, 2.05) is 18.2 Å². The number of aryl methyl sites for hydroxylation is 1. The van der Waals surface area contributed by atoms with Gasteiger partial charge >= 0.3 is 6.03 Å². The van der Waals surface area contributed by atoms with E-state index in [9.17, 15) is 4.79 Å². The number of para-hydroxylation sites is 2. The van der Waals surface area contributed by atoms with Crippen molar-refractivity contribution in [1.29, 1.82) is 0 Å². The van der Waals surface area contributed by atoms with Crippen LogP contribution in [0, 0.1) is 0 Å². The summed E-state index contributed by atoms with van der Waals surface area (Å²) in [5, 5.41) is 6.30. The fraction of sp³-hybridized carbons (Fsp3) is 0.435. The third kappa shape index (κ3) is 4.14. The third-order valence-electron chi connectivity index (χ3n) is 5.99. The van der Waals surface area contributed by atoms with Crippen molar-refractivity contribution in [3.63, 3.8) is 0 Å². The Morgan fingerprint density at radius 2 is 1.79 bits per heavy atom. The molecule has 28 heavy (non-hydrogen) atoms. The zero-order valence-electron chi connectivity index (χ0n) is 16.7. The van der Waals surface area contributed by atoms with Crippen molar-refractivity contribution in [2.75, 3.05) is 42.9 Å². The van der Waals surface area contributed by atoms with Gasteiger partial charge in [-0.15, -0.1) is 0 Å². The van der Waals surface area contributed by atoms with Crippen LogP contribution < -0.4 is 15.5 Å². The first-order chi connectivity index (χ1) is 13.7. The van der Waals surface area contributed by atoms with Gasteiger partial charge in [-0.3, -0.25) is 0 Å². The van der Waals surface area contributed by atoms with Crippen molar-refractivity contribution in [2.24, 2.45) is 0 Å². The van der Waals surface area contributed by atoms with Gasteiger partial charge in [0.25, 0.3) is 0 Å². The first-order valence-corrected chi connectivity index (χ1v) is 10.5. The minimum Gasteiger partial charge on any atom is -0.367 e. The largest absolute Gasteiger partial charge is 0.367 e. The van der Waals surface area contributed by atoms with Gasteiger partial charge in [0, 0.05) is 26.2 Å². The van der Waals surface area contributed by atoms with Gasteiger partial charge in [0.15, 0.2) is 0 Å². The Bertz CT molecular complexity index is 814. The number of fused-ring (bicyclic) bond motifs is 1. The van der Waals surface area contributed by atoms with E-state index in [0.717, 1.165) is 63.4 Å². The number of carbonyl (C=O) groups excluding carboxylic acids is 1. The van der Waals surface area contributed by atoms with Gasteiger partial charge in [0.2, 0.25) is 0 Å². The van der Waals surface area contributed by atoms with Crippen molar-refractivity contribution in [3.05, 3.63) is 59.7 Å². The number of urea groups is 1. The van der Waals surface area contributed by atoms with E-state index < -0.39 is 0 Å². The van der Waals surface area contributed by atoms with Crippen LogP contribution in [0.2, 0.25) is 0 Å². The number of nitrogens with one attached hydrogen (secondary N) is 2. The molecule has 2 aromatic carbocycles. The zero-order valence-corrected chi connectivity index (χ0v) is 16.7. The molecule has 2 amide bonds. The van der Waals surface area contributed by atoms with Crippen LogP contribution in [0.5, 0.6) is 0 Å². The molecule has 2 aromatic rings. The predicted octanol–water partition coefficient (Wildman–Crippen LogP) is 4.03. The van der Waals surface area contributed by atoms with E-state index >= 15 is 0 Å². The fourth-order valence-electron chi connectivity index (χ4n) is 4.38. The van der Waals surface area contributed by atoms with Crippen LogP contribution in [0.1, 0.15) is 36.9 Å². The summed E-state index contributed by atoms with van der Waals surface area (Å²) in [5.41, 5.74) is 4.60. The van der Waals surface area contributed by atoms with Crippen molar-refractivity contribution in [2.45, 2.75) is 32.2 Å². The van der Waals surface area contributed by atoms with Crippen molar-refractivity contribution in [3.8, 4) is 0 Å². The van der Waals surface area contributed by atoms with Crippen molar-refractivity contribution in [1.82, 2.24) is 10.2 Å². The highest BCUT2D eigenvalue weighted by molar-refractivity contribution is 5.93. The summed E-state index contributed by atoms with van der Waals surface area (Å²) >= 11 is 0. The van der Waals surface area contributed by atoms with E-state index in [-0.39, 0.29) is 12.1 Å². The molecule has 0 aromatic heterocycles. The monoisotopic (exact) mass is 378 g/mol. The Kier molecular flexibility index (Phi) is 5.81. The number of anilines is 2. The summed E-state index contributed by atoms with van der Waals surface area (Å²) in [6.07, 6.45) is 3.20. The van der Waals surface area contributed by atoms with Crippen LogP contribution in [-0.2, 0) is 6.42 Å². The molecule has 0 radical (unpaired) electrons. The molecule has 1 aliphatic carbocycles. The van der Waals surface area contributed by atoms with Crippen LogP contribution >= 0.6 is 0 Å². The molecular weight excluding hydrogens is 348 g/mol. The lowest BCUT2D eigenvalue weighted by molar-refractivity contribution is 0.247. The number of benzene rings is 2. The molecule has 0 bridgehead atoms. The Hall–Kier alpha value is -2.53. The Morgan fingerprint density at radius 1 is 1.04 bits per heavy atom. The van der Waals surface area contributed by atoms with Gasteiger partial charge in [-0.05, 0) is 49.1 Å². The lowest BCUT2D eigenvalue weighted by Gasteiger charge is -2.36. The van der Waals surface area contributed by atoms with Gasteiger partial charge < -0.3 is 20.4 Å². The van der Waals surface area contributed by atoms with Crippen LogP contribution in [0.3, 0.4) is 0 Å². The van der Waals surface area contributed by atoms with Crippen LogP contribution in [-0.4, -0.2) is 43.7 Å². The summed E-state index contributed by atoms with van der Waals surface area (Å²) in [7, 11) is 0. The summed E-state index contributed by atoms with van der Waals surface area (Å²) < 4.78 is 0. The number of hydrogen-bond acceptors (Lipinski definition) is 3. The van der Waals surface area contributed by atoms with Gasteiger partial charge in [0.1, 0.15) is 0 Å². The van der Waals surface area contributed by atoms with Gasteiger partial charge in [-0.2, -0.15) is 0 Å². The third-order valence-corrected chi connectivity index (χ3v) is 5.99. The molecule has 1 atom stereocenters. The van der Waals surface area contributed by atoms with Crippen LogP contribution in [0.15, 0.2) is 48.5 Å². The molecule has 5 nitrogen and oxygen atoms in total. The van der Waals surface area contributed by atoms with Crippen molar-refractivity contribution >= 4 is 17.4 Å². The summed E-state index contributed by atoms with van der Waals surface area (Å²) in [6.45, 7) is 7.41. The number of piperazine rings is 1. The average molecular weight is 379 g/mol. The molecule has 0 saturated carbocycles. The number of nitrogens with zero attached hydrogens (tertiary/aromatic N) is 2. The summed E-state index contributed by atoms with van der Waals surface area (Å²) in [4.78, 5) is 17.6. The molecule has 1 unspecified atom stereocenters. The van der Waals surface area contributed by atoms with Crippen LogP contribution in [0.4, 0.5) is 16.2 Å². The van der Waals surface area contributed by atoms with Gasteiger partial charge in [0.05, 0.1) is 17.4 Å². The normalized spacial score (nSPS) is 19.8. The second-order valence-electron chi connectivity index (χ2n) is 7.68. The highest BCUT2D eigenvalue weighted by Gasteiger charge is 2.23. The molecule has 1 fully saturated rings. The van der Waals surface area contributed by atoms with Gasteiger partial charge in [-0.25, -0.2) is 4.79 Å². The number of amides is 2. The van der Waals surface area contributed by atoms with E-state index in [0.29, 0.717) is 0 Å². The lowest BCUT2D eigenvalue weighted by Crippen LogP contribution is -2.46. The van der Waals surface area contributed by atoms with E-state index in [1.54, 1.807) is 0 Å². The molecule has 5 heteroatoms. The number of likely N-dealkylation sites (N-methyl/N-ethyl adjacent to an activating group) is 1. The maximum absolute atomic E-state index is 12.8. The smallest absolute Gasteiger partial charge is 0.319 e. The number of carbonyl (C=O) groups is 1. The molecule has 1 saturated heterocycles. The maximum Gasteiger partial charge on any atom is 0.319 e. The maximum atomic E-state index is 12.8. The molecule has 2 N–H and O–H groups in total. The van der Waals surface area contributed by atoms with E-state index in [4.69, 9.17) is 0 Å². The summed E-state index contributed by atoms with van der Waals surface area (Å²) in [6, 6.07) is 16.5. The Labute approximate surface area is 167 Å². The topological polar surface area (TPSA) is 47.6 Å². The molecule has 148 valence electrons. The minimum atomic E-state index is -0.124. The molecule has 0 spiro atoms. The van der Waals surface area contributed by atoms with Gasteiger partial charge in [-0.1, -0.05) is 43.3 Å². The summed E-state index contributed by atoms with van der Waals surface area (Å²) in [5.74, 6) is 0. The molecular formula is C23H30N4O. The number of rotatable bonds is 4. The fourth-order valence-corrected chi connectivity index (χ4v) is 4.38. The van der Waals surface area contributed by atoms with Crippen molar-refractivity contribution < 1.29 is 4.79 Å². The first-order valence-electron chi connectivity index (χ1n) is 10.5. The average Bonchev–Trinajstić information content (AvgIpc) is 2.74. The van der Waals surface area contributed by atoms with Crippen LogP contribution in [0.25, 0.3) is 0 Å². The Morgan fingerprint density at radius 3 is 2.61 bits per heavy atom. The van der Waals surface area contributed by atoms with E-state index in [2.05, 4.69) is 57.7 Å². The zero-order chi connectivity index (χ0) is 19.3. The lowest BCUT2D eigenvalue weighted by atomic mass is 9.88. The second-order valence-corrected chi connectivity index (χ2v) is 7.68. The molecule has 1 heterocycles. The standard InChI is InChI=1S/C23H30N4O/c1-2-26-14-16-27(17-15-26)22-13-6-5-11-21(22)25-23(28)24-20-12-7-9-18-8-3-4-10-19(18)20/h3-6,8,10-11,13,20H,2,7,9,12,14-17H2,1H3,(H2,24,25,28). The predicted molar refractivity (Wildman–Crippen MR) is 115 cm³/mol. The highest BCUT2D eigenvalue weighted by Crippen LogP contribution is 2.30. The number of hydrogen-bond donors (Lipinski definition) is 2. The first kappa shape index (κ1) is 18.8. The Balaban J connectivity index is 1.43. The van der Waals surface area contributed by atoms with E-state index in [1.165, 1.54) is 11.1 Å². The molecule has 1 aliphatic heterocycles.